The Morgan fingerprint density at radius 1 is 1.25 bits per heavy atom. The Morgan fingerprint density at radius 2 is 1.90 bits per heavy atom. The van der Waals surface area contributed by atoms with Crippen LogP contribution in [0.2, 0.25) is 10.0 Å². The largest absolute Gasteiger partial charge is 0.359 e. The van der Waals surface area contributed by atoms with Crippen molar-refractivity contribution in [2.75, 3.05) is 19.4 Å². The van der Waals surface area contributed by atoms with Gasteiger partial charge in [-0.15, -0.1) is 0 Å². The van der Waals surface area contributed by atoms with Crippen molar-refractivity contribution in [3.8, 4) is 0 Å². The van der Waals surface area contributed by atoms with E-state index in [2.05, 4.69) is 10.3 Å². The van der Waals surface area contributed by atoms with Crippen LogP contribution < -0.4 is 5.32 Å². The number of anilines is 1. The van der Waals surface area contributed by atoms with Crippen molar-refractivity contribution in [3.05, 3.63) is 34.3 Å². The Morgan fingerprint density at radius 3 is 2.55 bits per heavy atom. The molecule has 0 bridgehead atoms. The molecule has 0 aliphatic heterocycles. The number of aromatic nitrogens is 1. The maximum Gasteiger partial charge on any atom is 0.244 e. The highest BCUT2D eigenvalue weighted by Gasteiger charge is 2.15. The molecule has 6 heteroatoms. The second-order valence-electron chi connectivity index (χ2n) is 4.73. The number of hydrogen-bond acceptors (Lipinski definition) is 3. The van der Waals surface area contributed by atoms with Crippen LogP contribution in [0, 0.1) is 0 Å². The van der Waals surface area contributed by atoms with Gasteiger partial charge in [0, 0.05) is 19.5 Å². The fourth-order valence-corrected chi connectivity index (χ4v) is 2.25. The third kappa shape index (κ3) is 2.97. The molecule has 1 amide bonds. The molecule has 0 saturated carbocycles. The van der Waals surface area contributed by atoms with Crippen LogP contribution in [0.3, 0.4) is 0 Å². The molecule has 1 aromatic carbocycles. The van der Waals surface area contributed by atoms with Gasteiger partial charge in [0.05, 0.1) is 15.6 Å². The molecule has 0 saturated heterocycles. The van der Waals surface area contributed by atoms with Gasteiger partial charge in [0.2, 0.25) is 5.91 Å². The molecule has 1 N–H and O–H groups in total. The maximum atomic E-state index is 11.8. The summed E-state index contributed by atoms with van der Waals surface area (Å²) in [5, 5.41) is 4.83. The zero-order valence-corrected chi connectivity index (χ0v) is 13.0. The van der Waals surface area contributed by atoms with Crippen molar-refractivity contribution in [1.29, 1.82) is 0 Å². The molecule has 2 rings (SSSR count). The fourth-order valence-electron chi connectivity index (χ4n) is 1.88. The molecule has 0 aliphatic rings. The highest BCUT2D eigenvalue weighted by molar-refractivity contribution is 6.45. The summed E-state index contributed by atoms with van der Waals surface area (Å²) < 4.78 is 0. The number of hydrogen-bond donors (Lipinski definition) is 1. The number of halogens is 2. The minimum Gasteiger partial charge on any atom is -0.359 e. The minimum absolute atomic E-state index is 0.0240. The summed E-state index contributed by atoms with van der Waals surface area (Å²) in [5.74, 6) is 0.563. The van der Waals surface area contributed by atoms with Crippen molar-refractivity contribution in [2.45, 2.75) is 13.0 Å². The predicted molar refractivity (Wildman–Crippen MR) is 83.5 cm³/mol. The molecular weight excluding hydrogens is 297 g/mol. The van der Waals surface area contributed by atoms with Crippen LogP contribution in [0.25, 0.3) is 10.9 Å². The Hall–Kier alpha value is -1.52. The standard InChI is InChI=1S/C14H15Cl2N3O/c1-8(14(20)19(2)3)17-11-7-5-9-4-6-10(15)12(16)13(9)18-11/h4-8H,1-3H3,(H,17,18)/t8-/m0/s1. The normalized spacial score (nSPS) is 12.2. The van der Waals surface area contributed by atoms with E-state index in [9.17, 15) is 4.79 Å². The van der Waals surface area contributed by atoms with E-state index in [0.29, 0.717) is 21.4 Å². The van der Waals surface area contributed by atoms with Crippen molar-refractivity contribution < 1.29 is 4.79 Å². The van der Waals surface area contributed by atoms with Crippen molar-refractivity contribution in [3.63, 3.8) is 0 Å². The third-order valence-electron chi connectivity index (χ3n) is 2.93. The number of likely N-dealkylation sites (N-methyl/N-ethyl adjacent to an activating group) is 1. The van der Waals surface area contributed by atoms with Gasteiger partial charge in [0.25, 0.3) is 0 Å². The van der Waals surface area contributed by atoms with Crippen molar-refractivity contribution in [1.82, 2.24) is 9.88 Å². The zero-order valence-electron chi connectivity index (χ0n) is 11.4. The summed E-state index contributed by atoms with van der Waals surface area (Å²) in [6, 6.07) is 6.92. The molecule has 4 nitrogen and oxygen atoms in total. The van der Waals surface area contributed by atoms with Crippen LogP contribution in [-0.2, 0) is 4.79 Å². The number of carbonyl (C=O) groups excluding carboxylic acids is 1. The summed E-state index contributed by atoms with van der Waals surface area (Å²) in [5.41, 5.74) is 0.619. The quantitative estimate of drug-likeness (QED) is 0.944. The number of nitrogens with zero attached hydrogens (tertiary/aromatic N) is 2. The number of rotatable bonds is 3. The van der Waals surface area contributed by atoms with Gasteiger partial charge in [0.15, 0.2) is 0 Å². The van der Waals surface area contributed by atoms with Crippen LogP contribution in [0.5, 0.6) is 0 Å². The van der Waals surface area contributed by atoms with Gasteiger partial charge in [-0.2, -0.15) is 0 Å². The first-order chi connectivity index (χ1) is 9.40. The van der Waals surface area contributed by atoms with Crippen molar-refractivity contribution >= 4 is 45.8 Å². The van der Waals surface area contributed by atoms with Gasteiger partial charge >= 0.3 is 0 Å². The van der Waals surface area contributed by atoms with E-state index in [1.807, 2.05) is 18.2 Å². The molecular formula is C14H15Cl2N3O. The first kappa shape index (κ1) is 14.9. The molecule has 106 valence electrons. The summed E-state index contributed by atoms with van der Waals surface area (Å²) in [7, 11) is 3.43. The number of fused-ring (bicyclic) bond motifs is 1. The molecule has 0 aliphatic carbocycles. The molecule has 0 fully saturated rings. The lowest BCUT2D eigenvalue weighted by Crippen LogP contribution is -2.36. The number of nitrogens with one attached hydrogen (secondary N) is 1. The van der Waals surface area contributed by atoms with Gasteiger partial charge in [-0.25, -0.2) is 4.98 Å². The predicted octanol–water partition coefficient (Wildman–Crippen LogP) is 3.43. The lowest BCUT2D eigenvalue weighted by molar-refractivity contribution is -0.129. The van der Waals surface area contributed by atoms with E-state index in [0.717, 1.165) is 5.39 Å². The Kier molecular flexibility index (Phi) is 4.35. The van der Waals surface area contributed by atoms with Crippen LogP contribution in [0.4, 0.5) is 5.82 Å². The summed E-state index contributed by atoms with van der Waals surface area (Å²) in [6.45, 7) is 1.79. The molecule has 0 radical (unpaired) electrons. The highest BCUT2D eigenvalue weighted by Crippen LogP contribution is 2.30. The molecule has 2 aromatic rings. The topological polar surface area (TPSA) is 45.2 Å². The van der Waals surface area contributed by atoms with Crippen LogP contribution in [-0.4, -0.2) is 35.9 Å². The molecule has 0 spiro atoms. The van der Waals surface area contributed by atoms with E-state index >= 15 is 0 Å². The number of carbonyl (C=O) groups is 1. The highest BCUT2D eigenvalue weighted by atomic mass is 35.5. The first-order valence-electron chi connectivity index (χ1n) is 6.12. The maximum absolute atomic E-state index is 11.8. The summed E-state index contributed by atoms with van der Waals surface area (Å²) >= 11 is 12.1. The van der Waals surface area contributed by atoms with Crippen LogP contribution >= 0.6 is 23.2 Å². The molecule has 20 heavy (non-hydrogen) atoms. The zero-order chi connectivity index (χ0) is 14.9. The van der Waals surface area contributed by atoms with Gasteiger partial charge in [0.1, 0.15) is 11.9 Å². The molecule has 1 atom stereocenters. The average Bonchev–Trinajstić information content (AvgIpc) is 2.42. The smallest absolute Gasteiger partial charge is 0.244 e. The number of pyridine rings is 1. The summed E-state index contributed by atoms with van der Waals surface area (Å²) in [6.07, 6.45) is 0. The number of amides is 1. The molecule has 0 unspecified atom stereocenters. The Labute approximate surface area is 127 Å². The van der Waals surface area contributed by atoms with E-state index in [4.69, 9.17) is 23.2 Å². The number of benzene rings is 1. The Balaban J connectivity index is 2.32. The van der Waals surface area contributed by atoms with Crippen LogP contribution in [0.15, 0.2) is 24.3 Å². The summed E-state index contributed by atoms with van der Waals surface area (Å²) in [4.78, 5) is 17.8. The molecule has 1 heterocycles. The van der Waals surface area contributed by atoms with E-state index in [1.165, 1.54) is 4.90 Å². The molecule has 1 aromatic heterocycles. The van der Waals surface area contributed by atoms with Gasteiger partial charge in [-0.05, 0) is 25.1 Å². The first-order valence-corrected chi connectivity index (χ1v) is 6.88. The minimum atomic E-state index is -0.368. The van der Waals surface area contributed by atoms with E-state index in [-0.39, 0.29) is 11.9 Å². The fraction of sp³-hybridized carbons (Fsp3) is 0.286. The van der Waals surface area contributed by atoms with Crippen molar-refractivity contribution in [2.24, 2.45) is 0 Å². The van der Waals surface area contributed by atoms with E-state index in [1.54, 1.807) is 27.1 Å². The third-order valence-corrected chi connectivity index (χ3v) is 3.72. The van der Waals surface area contributed by atoms with Crippen LogP contribution in [0.1, 0.15) is 6.92 Å². The van der Waals surface area contributed by atoms with Gasteiger partial charge in [-0.1, -0.05) is 29.3 Å². The lowest BCUT2D eigenvalue weighted by Gasteiger charge is -2.18. The lowest BCUT2D eigenvalue weighted by atomic mass is 10.2. The second kappa shape index (κ2) is 5.85. The second-order valence-corrected chi connectivity index (χ2v) is 5.51. The van der Waals surface area contributed by atoms with Gasteiger partial charge < -0.3 is 10.2 Å². The Bertz CT molecular complexity index is 658. The monoisotopic (exact) mass is 311 g/mol. The van der Waals surface area contributed by atoms with Gasteiger partial charge in [-0.3, -0.25) is 4.79 Å². The van der Waals surface area contributed by atoms with E-state index < -0.39 is 0 Å². The average molecular weight is 312 g/mol. The SMILES string of the molecule is C[C@H](Nc1ccc2ccc(Cl)c(Cl)c2n1)C(=O)N(C)C.